The molecule has 0 saturated carbocycles. The molecule has 4 heterocycles. The van der Waals surface area contributed by atoms with Gasteiger partial charge in [-0.05, 0) is 38.7 Å². The van der Waals surface area contributed by atoms with E-state index < -0.39 is 0 Å². The highest BCUT2D eigenvalue weighted by molar-refractivity contribution is 7.18. The number of rotatable bonds is 3. The summed E-state index contributed by atoms with van der Waals surface area (Å²) in [6, 6.07) is -0.0519. The highest BCUT2D eigenvalue weighted by Gasteiger charge is 2.28. The van der Waals surface area contributed by atoms with E-state index in [1.165, 1.54) is 0 Å². The zero-order chi connectivity index (χ0) is 20.0. The Kier molecular flexibility index (Phi) is 4.82. The lowest BCUT2D eigenvalue weighted by atomic mass is 10.0. The number of piperidine rings is 1. The van der Waals surface area contributed by atoms with Crippen LogP contribution in [0, 0.1) is 13.8 Å². The van der Waals surface area contributed by atoms with Crippen LogP contribution in [0.5, 0.6) is 0 Å². The lowest BCUT2D eigenvalue weighted by Gasteiger charge is -2.33. The molecule has 0 radical (unpaired) electrons. The quantitative estimate of drug-likeness (QED) is 0.679. The second kappa shape index (κ2) is 7.16. The van der Waals surface area contributed by atoms with E-state index in [4.69, 9.17) is 0 Å². The van der Waals surface area contributed by atoms with Gasteiger partial charge in [0.2, 0.25) is 0 Å². The molecule has 0 aliphatic carbocycles. The standard InChI is InChI=1S/C20H25N5O2S/c1-5-15-13(3)28-18-17(15)20(27)25(11-21-18)14-7-6-8-24(9-14)19(26)16-10-23(4)22-12(16)2/h10-11,14H,5-9H2,1-4H3/t14-/m0/s1. The third-order valence-electron chi connectivity index (χ3n) is 5.61. The fourth-order valence-electron chi connectivity index (χ4n) is 4.20. The second-order valence-electron chi connectivity index (χ2n) is 7.48. The molecule has 1 aliphatic heterocycles. The maximum atomic E-state index is 13.2. The number of carbonyl (C=O) groups excluding carboxylic acids is 1. The number of likely N-dealkylation sites (tertiary alicyclic amines) is 1. The summed E-state index contributed by atoms with van der Waals surface area (Å²) in [5, 5.41) is 5.03. The van der Waals surface area contributed by atoms with E-state index in [1.54, 1.807) is 33.1 Å². The Morgan fingerprint density at radius 2 is 2.14 bits per heavy atom. The predicted molar refractivity (Wildman–Crippen MR) is 110 cm³/mol. The first kappa shape index (κ1) is 18.9. The summed E-state index contributed by atoms with van der Waals surface area (Å²) in [5.41, 5.74) is 2.48. The van der Waals surface area contributed by atoms with Gasteiger partial charge in [-0.3, -0.25) is 18.8 Å². The molecule has 0 N–H and O–H groups in total. The van der Waals surface area contributed by atoms with E-state index in [0.29, 0.717) is 18.7 Å². The Morgan fingerprint density at radius 1 is 1.36 bits per heavy atom. The average Bonchev–Trinajstić information content (AvgIpc) is 3.19. The van der Waals surface area contributed by atoms with Gasteiger partial charge >= 0.3 is 0 Å². The summed E-state index contributed by atoms with van der Waals surface area (Å²) in [4.78, 5) is 34.6. The van der Waals surface area contributed by atoms with Crippen LogP contribution in [0.3, 0.4) is 0 Å². The molecule has 0 spiro atoms. The van der Waals surface area contributed by atoms with Gasteiger partial charge in [-0.25, -0.2) is 4.98 Å². The molecule has 7 nitrogen and oxygen atoms in total. The monoisotopic (exact) mass is 399 g/mol. The maximum absolute atomic E-state index is 13.2. The minimum absolute atomic E-state index is 0.0157. The first-order chi connectivity index (χ1) is 13.4. The predicted octanol–water partition coefficient (Wildman–Crippen LogP) is 2.85. The number of hydrogen-bond donors (Lipinski definition) is 0. The van der Waals surface area contributed by atoms with Crippen molar-refractivity contribution in [1.82, 2.24) is 24.2 Å². The van der Waals surface area contributed by atoms with Crippen molar-refractivity contribution >= 4 is 27.5 Å². The van der Waals surface area contributed by atoms with Crippen molar-refractivity contribution in [2.24, 2.45) is 7.05 Å². The van der Waals surface area contributed by atoms with Gasteiger partial charge in [0.05, 0.1) is 29.0 Å². The van der Waals surface area contributed by atoms with E-state index in [2.05, 4.69) is 17.0 Å². The Labute approximate surface area is 167 Å². The molecule has 148 valence electrons. The van der Waals surface area contributed by atoms with Crippen molar-refractivity contribution < 1.29 is 4.79 Å². The molecule has 4 rings (SSSR count). The number of aryl methyl sites for hydroxylation is 4. The van der Waals surface area contributed by atoms with E-state index in [9.17, 15) is 9.59 Å². The first-order valence-corrected chi connectivity index (χ1v) is 10.5. The molecule has 1 atom stereocenters. The summed E-state index contributed by atoms with van der Waals surface area (Å²) >= 11 is 1.58. The molecule has 0 unspecified atom stereocenters. The number of fused-ring (bicyclic) bond motifs is 1. The molecule has 1 amide bonds. The lowest BCUT2D eigenvalue weighted by molar-refractivity contribution is 0.0676. The largest absolute Gasteiger partial charge is 0.336 e. The molecule has 3 aromatic rings. The smallest absolute Gasteiger partial charge is 0.262 e. The Bertz CT molecular complexity index is 1110. The number of aromatic nitrogens is 4. The van der Waals surface area contributed by atoms with Crippen LogP contribution in [0.15, 0.2) is 17.3 Å². The topological polar surface area (TPSA) is 73.0 Å². The van der Waals surface area contributed by atoms with Crippen LogP contribution >= 0.6 is 11.3 Å². The zero-order valence-corrected chi connectivity index (χ0v) is 17.5. The van der Waals surface area contributed by atoms with Gasteiger partial charge < -0.3 is 4.90 Å². The third-order valence-corrected chi connectivity index (χ3v) is 6.67. The van der Waals surface area contributed by atoms with Gasteiger partial charge in [0.25, 0.3) is 11.5 Å². The number of thiophene rings is 1. The van der Waals surface area contributed by atoms with Gasteiger partial charge in [-0.15, -0.1) is 11.3 Å². The molecular formula is C20H25N5O2S. The molecule has 1 fully saturated rings. The van der Waals surface area contributed by atoms with Gasteiger partial charge in [-0.1, -0.05) is 6.92 Å². The van der Waals surface area contributed by atoms with E-state index in [-0.39, 0.29) is 17.5 Å². The molecule has 1 saturated heterocycles. The number of carbonyl (C=O) groups is 1. The molecular weight excluding hydrogens is 374 g/mol. The van der Waals surface area contributed by atoms with E-state index in [0.717, 1.165) is 45.6 Å². The second-order valence-corrected chi connectivity index (χ2v) is 8.68. The lowest BCUT2D eigenvalue weighted by Crippen LogP contribution is -2.43. The summed E-state index contributed by atoms with van der Waals surface area (Å²) in [5.74, 6) is -0.0157. The number of amides is 1. The van der Waals surface area contributed by atoms with Crippen LogP contribution in [0.2, 0.25) is 0 Å². The zero-order valence-electron chi connectivity index (χ0n) is 16.7. The fourth-order valence-corrected chi connectivity index (χ4v) is 5.27. The first-order valence-electron chi connectivity index (χ1n) is 9.69. The fraction of sp³-hybridized carbons (Fsp3) is 0.500. The van der Waals surface area contributed by atoms with Crippen LogP contribution in [0.25, 0.3) is 10.2 Å². The molecule has 0 bridgehead atoms. The van der Waals surface area contributed by atoms with Gasteiger partial charge in [-0.2, -0.15) is 5.10 Å². The minimum atomic E-state index is -0.0519. The van der Waals surface area contributed by atoms with Crippen molar-refractivity contribution in [2.45, 2.75) is 46.1 Å². The summed E-state index contributed by atoms with van der Waals surface area (Å²) in [6.45, 7) is 7.19. The van der Waals surface area contributed by atoms with Crippen LogP contribution in [0.4, 0.5) is 0 Å². The minimum Gasteiger partial charge on any atom is -0.336 e. The third kappa shape index (κ3) is 3.05. The van der Waals surface area contributed by atoms with Crippen molar-refractivity contribution in [3.63, 3.8) is 0 Å². The van der Waals surface area contributed by atoms with Gasteiger partial charge in [0.15, 0.2) is 0 Å². The van der Waals surface area contributed by atoms with Crippen LogP contribution in [-0.2, 0) is 13.5 Å². The molecule has 8 heteroatoms. The molecule has 0 aromatic carbocycles. The SMILES string of the molecule is CCc1c(C)sc2ncn([C@H]3CCCN(C(=O)c4cn(C)nc4C)C3)c(=O)c12. The number of hydrogen-bond acceptors (Lipinski definition) is 5. The molecule has 28 heavy (non-hydrogen) atoms. The highest BCUT2D eigenvalue weighted by Crippen LogP contribution is 2.28. The van der Waals surface area contributed by atoms with Crippen molar-refractivity contribution in [3.8, 4) is 0 Å². The van der Waals surface area contributed by atoms with Crippen LogP contribution in [-0.4, -0.2) is 43.2 Å². The Hall–Kier alpha value is -2.48. The summed E-state index contributed by atoms with van der Waals surface area (Å²) in [7, 11) is 1.82. The van der Waals surface area contributed by atoms with Crippen molar-refractivity contribution in [2.75, 3.05) is 13.1 Å². The van der Waals surface area contributed by atoms with Crippen molar-refractivity contribution in [3.05, 3.63) is 44.6 Å². The Balaban J connectivity index is 1.66. The summed E-state index contributed by atoms with van der Waals surface area (Å²) in [6.07, 6.45) is 5.98. The van der Waals surface area contributed by atoms with Gasteiger partial charge in [0, 0.05) is 31.2 Å². The van der Waals surface area contributed by atoms with Crippen LogP contribution in [0.1, 0.15) is 52.3 Å². The molecule has 1 aliphatic rings. The van der Waals surface area contributed by atoms with E-state index >= 15 is 0 Å². The van der Waals surface area contributed by atoms with E-state index in [1.807, 2.05) is 25.8 Å². The van der Waals surface area contributed by atoms with Crippen molar-refractivity contribution in [1.29, 1.82) is 0 Å². The average molecular weight is 400 g/mol. The van der Waals surface area contributed by atoms with Crippen LogP contribution < -0.4 is 5.56 Å². The number of nitrogens with zero attached hydrogens (tertiary/aromatic N) is 5. The maximum Gasteiger partial charge on any atom is 0.262 e. The normalized spacial score (nSPS) is 17.4. The van der Waals surface area contributed by atoms with Gasteiger partial charge in [0.1, 0.15) is 4.83 Å². The Morgan fingerprint density at radius 3 is 2.82 bits per heavy atom. The highest BCUT2D eigenvalue weighted by atomic mass is 32.1. The summed E-state index contributed by atoms with van der Waals surface area (Å²) < 4.78 is 3.40. The molecule has 3 aromatic heterocycles.